The summed E-state index contributed by atoms with van der Waals surface area (Å²) in [5, 5.41) is 0. The molecular weight excluding hydrogens is 224 g/mol. The molecule has 3 fully saturated rings. The molecule has 18 heavy (non-hydrogen) atoms. The zero-order valence-electron chi connectivity index (χ0n) is 11.7. The van der Waals surface area contributed by atoms with E-state index in [2.05, 4.69) is 11.8 Å². The molecule has 4 atom stereocenters. The van der Waals surface area contributed by atoms with E-state index in [1.54, 1.807) is 0 Å². The predicted molar refractivity (Wildman–Crippen MR) is 73.5 cm³/mol. The first-order chi connectivity index (χ1) is 8.75. The summed E-state index contributed by atoms with van der Waals surface area (Å²) in [5.74, 6) is 0.838. The molecule has 1 aliphatic heterocycles. The van der Waals surface area contributed by atoms with Gasteiger partial charge in [0.1, 0.15) is 0 Å². The molecule has 0 spiro atoms. The van der Waals surface area contributed by atoms with Gasteiger partial charge in [-0.2, -0.15) is 0 Å². The Balaban J connectivity index is 1.81. The van der Waals surface area contributed by atoms with Crippen molar-refractivity contribution in [1.82, 2.24) is 4.90 Å². The third kappa shape index (κ3) is 2.10. The highest BCUT2D eigenvalue weighted by Gasteiger charge is 2.47. The summed E-state index contributed by atoms with van der Waals surface area (Å²) in [7, 11) is 0. The zero-order valence-corrected chi connectivity index (χ0v) is 11.7. The molecule has 104 valence electrons. The Morgan fingerprint density at radius 3 is 2.94 bits per heavy atom. The van der Waals surface area contributed by atoms with Crippen LogP contribution in [0.2, 0.25) is 0 Å². The summed E-state index contributed by atoms with van der Waals surface area (Å²) in [5.41, 5.74) is 6.52. The van der Waals surface area contributed by atoms with Gasteiger partial charge in [0.2, 0.25) is 0 Å². The standard InChI is InChI=1S/C15H28N2O/c1-12-4-3-7-15(10-12,11-16)17-8-9-18-14-6-2-5-13(14)17/h12-14H,2-11,16H2,1H3. The van der Waals surface area contributed by atoms with Crippen molar-refractivity contribution in [3.63, 3.8) is 0 Å². The minimum atomic E-state index is 0.286. The normalized spacial score (nSPS) is 46.0. The van der Waals surface area contributed by atoms with Gasteiger partial charge in [0.15, 0.2) is 0 Å². The molecule has 0 bridgehead atoms. The Morgan fingerprint density at radius 1 is 1.28 bits per heavy atom. The molecule has 0 aromatic rings. The smallest absolute Gasteiger partial charge is 0.0731 e. The number of hydrogen-bond donors (Lipinski definition) is 1. The Labute approximate surface area is 111 Å². The van der Waals surface area contributed by atoms with Crippen LogP contribution in [0.4, 0.5) is 0 Å². The second kappa shape index (κ2) is 5.10. The van der Waals surface area contributed by atoms with E-state index in [0.29, 0.717) is 12.1 Å². The van der Waals surface area contributed by atoms with Crippen LogP contribution in [0.25, 0.3) is 0 Å². The Hall–Kier alpha value is -0.120. The fourth-order valence-corrected chi connectivity index (χ4v) is 4.71. The van der Waals surface area contributed by atoms with Crippen molar-refractivity contribution in [2.75, 3.05) is 19.7 Å². The van der Waals surface area contributed by atoms with Crippen molar-refractivity contribution in [3.05, 3.63) is 0 Å². The van der Waals surface area contributed by atoms with Gasteiger partial charge in [-0.25, -0.2) is 0 Å². The lowest BCUT2D eigenvalue weighted by Gasteiger charge is -2.53. The van der Waals surface area contributed by atoms with Gasteiger partial charge in [-0.3, -0.25) is 4.90 Å². The Morgan fingerprint density at radius 2 is 2.17 bits per heavy atom. The summed E-state index contributed by atoms with van der Waals surface area (Å²) in [4.78, 5) is 2.77. The average molecular weight is 252 g/mol. The quantitative estimate of drug-likeness (QED) is 0.818. The first-order valence-corrected chi connectivity index (χ1v) is 7.83. The first kappa shape index (κ1) is 12.9. The van der Waals surface area contributed by atoms with Crippen molar-refractivity contribution in [3.8, 4) is 0 Å². The topological polar surface area (TPSA) is 38.5 Å². The molecule has 3 aliphatic rings. The summed E-state index contributed by atoms with van der Waals surface area (Å²) in [6.45, 7) is 5.25. The summed E-state index contributed by atoms with van der Waals surface area (Å²) in [6, 6.07) is 0.660. The van der Waals surface area contributed by atoms with Gasteiger partial charge in [-0.1, -0.05) is 19.8 Å². The highest BCUT2D eigenvalue weighted by Crippen LogP contribution is 2.41. The minimum absolute atomic E-state index is 0.286. The molecule has 2 N–H and O–H groups in total. The van der Waals surface area contributed by atoms with Crippen molar-refractivity contribution < 1.29 is 4.74 Å². The van der Waals surface area contributed by atoms with Gasteiger partial charge in [0.25, 0.3) is 0 Å². The lowest BCUT2D eigenvalue weighted by atomic mass is 9.74. The van der Waals surface area contributed by atoms with Crippen molar-refractivity contribution in [2.24, 2.45) is 11.7 Å². The maximum absolute atomic E-state index is 6.23. The van der Waals surface area contributed by atoms with Crippen LogP contribution in [0.3, 0.4) is 0 Å². The molecule has 3 heteroatoms. The van der Waals surface area contributed by atoms with Crippen molar-refractivity contribution in [2.45, 2.75) is 69.6 Å². The van der Waals surface area contributed by atoms with Crippen LogP contribution in [0.15, 0.2) is 0 Å². The number of rotatable bonds is 2. The number of morpholine rings is 1. The van der Waals surface area contributed by atoms with Gasteiger partial charge in [0, 0.05) is 24.7 Å². The second-order valence-corrected chi connectivity index (χ2v) is 6.73. The molecule has 2 saturated carbocycles. The number of nitrogens with two attached hydrogens (primary N) is 1. The number of fused-ring (bicyclic) bond motifs is 1. The first-order valence-electron chi connectivity index (χ1n) is 7.83. The monoisotopic (exact) mass is 252 g/mol. The molecule has 3 nitrogen and oxygen atoms in total. The van der Waals surface area contributed by atoms with Crippen LogP contribution in [-0.2, 0) is 4.74 Å². The summed E-state index contributed by atoms with van der Waals surface area (Å²) in [6.07, 6.45) is 9.76. The van der Waals surface area contributed by atoms with E-state index in [0.717, 1.165) is 25.6 Å². The molecular formula is C15H28N2O. The molecule has 0 radical (unpaired) electrons. The lowest BCUT2D eigenvalue weighted by Crippen LogP contribution is -2.64. The third-order valence-corrected chi connectivity index (χ3v) is 5.54. The van der Waals surface area contributed by atoms with Gasteiger partial charge in [-0.15, -0.1) is 0 Å². The molecule has 2 aliphatic carbocycles. The average Bonchev–Trinajstić information content (AvgIpc) is 2.86. The van der Waals surface area contributed by atoms with E-state index in [1.165, 1.54) is 44.9 Å². The third-order valence-electron chi connectivity index (χ3n) is 5.54. The van der Waals surface area contributed by atoms with Crippen molar-refractivity contribution in [1.29, 1.82) is 0 Å². The summed E-state index contributed by atoms with van der Waals surface area (Å²) >= 11 is 0. The molecule has 1 heterocycles. The van der Waals surface area contributed by atoms with E-state index in [1.807, 2.05) is 0 Å². The van der Waals surface area contributed by atoms with Crippen LogP contribution in [0, 0.1) is 5.92 Å². The molecule has 3 rings (SSSR count). The molecule has 0 amide bonds. The van der Waals surface area contributed by atoms with Gasteiger partial charge < -0.3 is 10.5 Å². The predicted octanol–water partition coefficient (Wildman–Crippen LogP) is 2.15. The van der Waals surface area contributed by atoms with Crippen LogP contribution in [0.1, 0.15) is 51.9 Å². The number of ether oxygens (including phenoxy) is 1. The van der Waals surface area contributed by atoms with E-state index >= 15 is 0 Å². The van der Waals surface area contributed by atoms with Crippen LogP contribution in [0.5, 0.6) is 0 Å². The number of hydrogen-bond acceptors (Lipinski definition) is 3. The van der Waals surface area contributed by atoms with E-state index in [9.17, 15) is 0 Å². The Kier molecular flexibility index (Phi) is 3.65. The molecule has 4 unspecified atom stereocenters. The number of nitrogens with zero attached hydrogens (tertiary/aromatic N) is 1. The van der Waals surface area contributed by atoms with Gasteiger partial charge in [-0.05, 0) is 38.0 Å². The van der Waals surface area contributed by atoms with Crippen LogP contribution in [-0.4, -0.2) is 42.3 Å². The lowest BCUT2D eigenvalue weighted by molar-refractivity contribution is -0.110. The van der Waals surface area contributed by atoms with Gasteiger partial charge >= 0.3 is 0 Å². The maximum Gasteiger partial charge on any atom is 0.0731 e. The molecule has 0 aromatic heterocycles. The highest BCUT2D eigenvalue weighted by atomic mass is 16.5. The summed E-state index contributed by atoms with van der Waals surface area (Å²) < 4.78 is 5.96. The Bertz CT molecular complexity index is 296. The fraction of sp³-hybridized carbons (Fsp3) is 1.00. The van der Waals surface area contributed by atoms with E-state index in [-0.39, 0.29) is 5.54 Å². The van der Waals surface area contributed by atoms with Gasteiger partial charge in [0.05, 0.1) is 12.7 Å². The molecule has 0 aromatic carbocycles. The zero-order chi connectivity index (χ0) is 12.6. The highest BCUT2D eigenvalue weighted by molar-refractivity contribution is 5.02. The van der Waals surface area contributed by atoms with E-state index in [4.69, 9.17) is 10.5 Å². The fourth-order valence-electron chi connectivity index (χ4n) is 4.71. The minimum Gasteiger partial charge on any atom is -0.375 e. The SMILES string of the molecule is CC1CCCC(CN)(N2CCOC3CCCC32)C1. The largest absolute Gasteiger partial charge is 0.375 e. The second-order valence-electron chi connectivity index (χ2n) is 6.73. The van der Waals surface area contributed by atoms with Crippen molar-refractivity contribution >= 4 is 0 Å². The van der Waals surface area contributed by atoms with Crippen LogP contribution >= 0.6 is 0 Å². The maximum atomic E-state index is 6.23. The van der Waals surface area contributed by atoms with E-state index < -0.39 is 0 Å². The van der Waals surface area contributed by atoms with Crippen LogP contribution < -0.4 is 5.73 Å². The molecule has 1 saturated heterocycles.